The summed E-state index contributed by atoms with van der Waals surface area (Å²) >= 11 is 0. The zero-order valence-electron chi connectivity index (χ0n) is 24.9. The van der Waals surface area contributed by atoms with Crippen LogP contribution in [0.5, 0.6) is 0 Å². The molecule has 4 rings (SSSR count). The number of dihydropyridines is 1. The van der Waals surface area contributed by atoms with Crippen molar-refractivity contribution in [3.8, 4) is 16.9 Å². The Bertz CT molecular complexity index is 1430. The Morgan fingerprint density at radius 3 is 1.75 bits per heavy atom. The van der Waals surface area contributed by atoms with Gasteiger partial charge in [-0.2, -0.15) is 5.10 Å². The highest BCUT2D eigenvalue weighted by atomic mass is 16.6. The van der Waals surface area contributed by atoms with E-state index in [0.717, 1.165) is 16.8 Å². The summed E-state index contributed by atoms with van der Waals surface area (Å²) in [5.41, 5.74) is 4.68. The summed E-state index contributed by atoms with van der Waals surface area (Å²) in [6, 6.07) is 17.8. The molecule has 1 N–H and O–H groups in total. The fraction of sp³-hybridized carbons (Fsp3) is 0.364. The van der Waals surface area contributed by atoms with Gasteiger partial charge in [0, 0.05) is 28.7 Å². The number of nitrogens with one attached hydrogen (secondary N) is 1. The van der Waals surface area contributed by atoms with Gasteiger partial charge < -0.3 is 14.8 Å². The van der Waals surface area contributed by atoms with Crippen LogP contribution in [0.1, 0.15) is 72.4 Å². The Balaban J connectivity index is 2.01. The zero-order chi connectivity index (χ0) is 29.4. The van der Waals surface area contributed by atoms with Crippen LogP contribution < -0.4 is 5.32 Å². The third-order valence-electron chi connectivity index (χ3n) is 6.40. The molecule has 0 bridgehead atoms. The number of hydrogen-bond donors (Lipinski definition) is 1. The molecule has 0 atom stereocenters. The number of carbonyl (C=O) groups is 2. The maximum absolute atomic E-state index is 13.8. The number of esters is 2. The van der Waals surface area contributed by atoms with Gasteiger partial charge in [0.1, 0.15) is 11.2 Å². The summed E-state index contributed by atoms with van der Waals surface area (Å²) in [5, 5.41) is 8.24. The van der Waals surface area contributed by atoms with Crippen LogP contribution >= 0.6 is 0 Å². The molecule has 1 aliphatic rings. The van der Waals surface area contributed by atoms with Gasteiger partial charge in [0.05, 0.1) is 28.4 Å². The third-order valence-corrected chi connectivity index (χ3v) is 6.40. The molecule has 3 aromatic rings. The van der Waals surface area contributed by atoms with Crippen molar-refractivity contribution < 1.29 is 19.1 Å². The number of hydrogen-bond acceptors (Lipinski definition) is 6. The summed E-state index contributed by atoms with van der Waals surface area (Å²) in [6.07, 6.45) is 1.90. The highest BCUT2D eigenvalue weighted by molar-refractivity contribution is 6.00. The second kappa shape index (κ2) is 10.8. The first-order valence-corrected chi connectivity index (χ1v) is 13.5. The van der Waals surface area contributed by atoms with Crippen LogP contribution in [0.3, 0.4) is 0 Å². The molecule has 7 nitrogen and oxygen atoms in total. The van der Waals surface area contributed by atoms with Crippen molar-refractivity contribution in [2.24, 2.45) is 0 Å². The van der Waals surface area contributed by atoms with E-state index < -0.39 is 29.1 Å². The third kappa shape index (κ3) is 6.36. The molecule has 7 heteroatoms. The predicted octanol–water partition coefficient (Wildman–Crippen LogP) is 6.77. The topological polar surface area (TPSA) is 82.5 Å². The molecule has 40 heavy (non-hydrogen) atoms. The average molecular weight is 542 g/mol. The summed E-state index contributed by atoms with van der Waals surface area (Å²) in [6.45, 7) is 16.6. The number of allylic oxidation sites excluding steroid dienone is 2. The number of rotatable bonds is 5. The van der Waals surface area contributed by atoms with Gasteiger partial charge in [0.25, 0.3) is 0 Å². The normalized spacial score (nSPS) is 14.7. The van der Waals surface area contributed by atoms with Gasteiger partial charge in [0.2, 0.25) is 0 Å². The first-order valence-electron chi connectivity index (χ1n) is 13.5. The van der Waals surface area contributed by atoms with Crippen molar-refractivity contribution in [2.45, 2.75) is 79.4 Å². The SMILES string of the molecule is CC1=C(C(=O)OC(C)(C)C)C(c2cn(-c3ccccc3)nc2-c2ccc(C)cc2)C(C(=O)OC(C)(C)C)=C(C)N1. The van der Waals surface area contributed by atoms with E-state index in [0.29, 0.717) is 33.8 Å². The standard InChI is InChI=1S/C33H39N3O4/c1-20-15-17-23(18-16-20)29-25(19-36(35-29)24-13-11-10-12-14-24)28-26(30(37)39-32(4,5)6)21(2)34-22(3)27(28)31(38)40-33(7,8)9/h10-19,28,34H,1-9H3. The minimum Gasteiger partial charge on any atom is -0.457 e. The first kappa shape index (κ1) is 28.9. The lowest BCUT2D eigenvalue weighted by Crippen LogP contribution is -2.36. The van der Waals surface area contributed by atoms with Crippen molar-refractivity contribution in [2.75, 3.05) is 0 Å². The number of aryl methyl sites for hydroxylation is 1. The molecule has 210 valence electrons. The molecule has 0 radical (unpaired) electrons. The fourth-order valence-electron chi connectivity index (χ4n) is 4.76. The van der Waals surface area contributed by atoms with Gasteiger partial charge in [-0.3, -0.25) is 0 Å². The molecule has 0 fully saturated rings. The fourth-order valence-corrected chi connectivity index (χ4v) is 4.76. The quantitative estimate of drug-likeness (QED) is 0.359. The van der Waals surface area contributed by atoms with E-state index in [1.807, 2.05) is 123 Å². The number of aromatic nitrogens is 2. The van der Waals surface area contributed by atoms with E-state index in [2.05, 4.69) is 5.32 Å². The molecule has 0 saturated carbocycles. The van der Waals surface area contributed by atoms with Crippen LogP contribution in [0.15, 0.2) is 83.3 Å². The Labute approximate surface area is 236 Å². The Morgan fingerprint density at radius 1 is 0.775 bits per heavy atom. The molecule has 1 aromatic heterocycles. The maximum atomic E-state index is 13.8. The van der Waals surface area contributed by atoms with E-state index in [1.54, 1.807) is 4.68 Å². The van der Waals surface area contributed by atoms with Gasteiger partial charge >= 0.3 is 11.9 Å². The lowest BCUT2D eigenvalue weighted by Gasteiger charge is -2.33. The van der Waals surface area contributed by atoms with Gasteiger partial charge in [-0.05, 0) is 74.4 Å². The van der Waals surface area contributed by atoms with Gasteiger partial charge in [-0.1, -0.05) is 48.0 Å². The van der Waals surface area contributed by atoms with E-state index in [9.17, 15) is 9.59 Å². The molecular weight excluding hydrogens is 502 g/mol. The predicted molar refractivity (Wildman–Crippen MR) is 157 cm³/mol. The van der Waals surface area contributed by atoms with Crippen molar-refractivity contribution in [1.29, 1.82) is 0 Å². The molecule has 2 heterocycles. The van der Waals surface area contributed by atoms with Crippen LogP contribution in [0.2, 0.25) is 0 Å². The monoisotopic (exact) mass is 541 g/mol. The number of benzene rings is 2. The smallest absolute Gasteiger partial charge is 0.337 e. The second-order valence-corrected chi connectivity index (χ2v) is 12.2. The number of para-hydroxylation sites is 1. The Morgan fingerprint density at radius 2 is 1.27 bits per heavy atom. The van der Waals surface area contributed by atoms with Crippen LogP contribution in [0, 0.1) is 6.92 Å². The number of ether oxygens (including phenoxy) is 2. The van der Waals surface area contributed by atoms with Crippen LogP contribution in [-0.4, -0.2) is 32.9 Å². The molecule has 2 aromatic carbocycles. The van der Waals surface area contributed by atoms with Crippen LogP contribution in [-0.2, 0) is 19.1 Å². The minimum absolute atomic E-state index is 0.349. The van der Waals surface area contributed by atoms with Crippen molar-refractivity contribution in [3.05, 3.63) is 94.5 Å². The van der Waals surface area contributed by atoms with E-state index in [-0.39, 0.29) is 0 Å². The second-order valence-electron chi connectivity index (χ2n) is 12.2. The Hall–Kier alpha value is -4.13. The van der Waals surface area contributed by atoms with Gasteiger partial charge in [-0.15, -0.1) is 0 Å². The number of carbonyl (C=O) groups excluding carboxylic acids is 2. The summed E-state index contributed by atoms with van der Waals surface area (Å²) in [4.78, 5) is 27.6. The van der Waals surface area contributed by atoms with E-state index in [4.69, 9.17) is 14.6 Å². The van der Waals surface area contributed by atoms with E-state index in [1.165, 1.54) is 0 Å². The van der Waals surface area contributed by atoms with Crippen molar-refractivity contribution in [3.63, 3.8) is 0 Å². The lowest BCUT2D eigenvalue weighted by molar-refractivity contribution is -0.150. The van der Waals surface area contributed by atoms with Crippen LogP contribution in [0.25, 0.3) is 16.9 Å². The largest absolute Gasteiger partial charge is 0.457 e. The Kier molecular flexibility index (Phi) is 7.79. The summed E-state index contributed by atoms with van der Waals surface area (Å²) in [7, 11) is 0. The molecule has 0 saturated heterocycles. The van der Waals surface area contributed by atoms with Crippen LogP contribution in [0.4, 0.5) is 0 Å². The average Bonchev–Trinajstić information content (AvgIpc) is 3.27. The zero-order valence-corrected chi connectivity index (χ0v) is 24.9. The highest BCUT2D eigenvalue weighted by Gasteiger charge is 2.42. The maximum Gasteiger partial charge on any atom is 0.337 e. The van der Waals surface area contributed by atoms with Gasteiger partial charge in [0.15, 0.2) is 0 Å². The first-order chi connectivity index (χ1) is 18.6. The molecule has 0 spiro atoms. The highest BCUT2D eigenvalue weighted by Crippen LogP contribution is 2.44. The van der Waals surface area contributed by atoms with E-state index >= 15 is 0 Å². The minimum atomic E-state index is -0.778. The molecule has 0 unspecified atom stereocenters. The summed E-state index contributed by atoms with van der Waals surface area (Å²) in [5.74, 6) is -1.78. The lowest BCUT2D eigenvalue weighted by atomic mass is 9.79. The van der Waals surface area contributed by atoms with Gasteiger partial charge in [-0.25, -0.2) is 14.3 Å². The van der Waals surface area contributed by atoms with Crippen molar-refractivity contribution >= 4 is 11.9 Å². The molecular formula is C33H39N3O4. The van der Waals surface area contributed by atoms with Crippen molar-refractivity contribution in [1.82, 2.24) is 15.1 Å². The summed E-state index contributed by atoms with van der Waals surface area (Å²) < 4.78 is 13.5. The molecule has 0 aliphatic carbocycles. The molecule has 1 aliphatic heterocycles. The number of nitrogens with zero attached hydrogens (tertiary/aromatic N) is 2. The molecule has 0 amide bonds.